The predicted molar refractivity (Wildman–Crippen MR) is 103 cm³/mol. The Morgan fingerprint density at radius 1 is 1.30 bits per heavy atom. The Balaban J connectivity index is 1.79. The number of hydrogen-bond donors (Lipinski definition) is 2. The topological polar surface area (TPSA) is 88.8 Å². The highest BCUT2D eigenvalue weighted by atomic mass is 16.5. The fourth-order valence-electron chi connectivity index (χ4n) is 3.17. The predicted octanol–water partition coefficient (Wildman–Crippen LogP) is 3.82. The molecule has 136 valence electrons. The first-order chi connectivity index (χ1) is 13.1. The van der Waals surface area contributed by atoms with Crippen molar-refractivity contribution in [2.24, 2.45) is 0 Å². The van der Waals surface area contributed by atoms with Crippen molar-refractivity contribution in [2.75, 3.05) is 11.9 Å². The van der Waals surface area contributed by atoms with Crippen LogP contribution in [0.1, 0.15) is 22.8 Å². The number of phenols is 1. The molecule has 0 atom stereocenters. The summed E-state index contributed by atoms with van der Waals surface area (Å²) >= 11 is 0. The lowest BCUT2D eigenvalue weighted by Crippen LogP contribution is -2.04. The molecule has 0 bridgehead atoms. The third-order valence-corrected chi connectivity index (χ3v) is 4.42. The van der Waals surface area contributed by atoms with E-state index in [0.29, 0.717) is 29.2 Å². The van der Waals surface area contributed by atoms with E-state index in [1.807, 2.05) is 37.3 Å². The summed E-state index contributed by atoms with van der Waals surface area (Å²) in [5.74, 6) is 0.322. The summed E-state index contributed by atoms with van der Waals surface area (Å²) < 4.78 is 6.70. The van der Waals surface area contributed by atoms with E-state index in [9.17, 15) is 9.90 Å². The first-order valence-corrected chi connectivity index (χ1v) is 8.57. The number of benzene rings is 2. The summed E-state index contributed by atoms with van der Waals surface area (Å²) in [6.45, 7) is 3.90. The molecule has 0 fully saturated rings. The van der Waals surface area contributed by atoms with Crippen molar-refractivity contribution in [1.29, 1.82) is 0 Å². The lowest BCUT2D eigenvalue weighted by molar-refractivity contribution is 0.0525. The minimum atomic E-state index is -0.394. The van der Waals surface area contributed by atoms with Crippen LogP contribution in [0.15, 0.2) is 48.9 Å². The highest BCUT2D eigenvalue weighted by Gasteiger charge is 2.19. The van der Waals surface area contributed by atoms with Gasteiger partial charge in [0, 0.05) is 23.3 Å². The molecule has 4 aromatic rings. The second kappa shape index (κ2) is 6.60. The molecule has 7 nitrogen and oxygen atoms in total. The molecule has 0 unspecified atom stereocenters. The number of fused-ring (bicyclic) bond motifs is 2. The maximum absolute atomic E-state index is 12.2. The van der Waals surface area contributed by atoms with E-state index < -0.39 is 5.97 Å². The van der Waals surface area contributed by atoms with Gasteiger partial charge in [-0.05, 0) is 30.9 Å². The second-order valence-corrected chi connectivity index (χ2v) is 6.13. The van der Waals surface area contributed by atoms with Gasteiger partial charge in [0.25, 0.3) is 0 Å². The largest absolute Gasteiger partial charge is 0.507 e. The zero-order chi connectivity index (χ0) is 19.0. The molecule has 7 heteroatoms. The molecule has 2 heterocycles. The summed E-state index contributed by atoms with van der Waals surface area (Å²) in [5, 5.41) is 19.4. The van der Waals surface area contributed by atoms with Gasteiger partial charge in [-0.2, -0.15) is 5.10 Å². The van der Waals surface area contributed by atoms with E-state index >= 15 is 0 Å². The molecule has 2 N–H and O–H groups in total. The number of phenolic OH excluding ortho intramolecular Hbond substituents is 1. The van der Waals surface area contributed by atoms with Crippen LogP contribution in [-0.4, -0.2) is 32.3 Å². The molecule has 0 aliphatic carbocycles. The average Bonchev–Trinajstić information content (AvgIpc) is 3.00. The number of carbonyl (C=O) groups is 1. The minimum Gasteiger partial charge on any atom is -0.507 e. The number of aromatic nitrogens is 3. The number of hydrogen-bond acceptors (Lipinski definition) is 6. The van der Waals surface area contributed by atoms with Crippen LogP contribution < -0.4 is 5.32 Å². The van der Waals surface area contributed by atoms with Crippen LogP contribution in [0.2, 0.25) is 0 Å². The van der Waals surface area contributed by atoms with Crippen LogP contribution in [0.5, 0.6) is 5.75 Å². The Morgan fingerprint density at radius 2 is 2.11 bits per heavy atom. The molecule has 27 heavy (non-hydrogen) atoms. The number of carbonyl (C=O) groups excluding carboxylic acids is 1. The number of ether oxygens (including phenoxy) is 1. The number of aryl methyl sites for hydroxylation is 1. The van der Waals surface area contributed by atoms with Crippen LogP contribution in [0.3, 0.4) is 0 Å². The van der Waals surface area contributed by atoms with Crippen LogP contribution in [0.4, 0.5) is 11.5 Å². The standard InChI is InChI=1S/C20H18N4O3/c1-3-27-20(26)16-10-24-18(12(16)2)19(21-11-22-24)23-14-8-13-6-4-5-7-15(13)17(25)9-14/h4-11,25H,3H2,1-2H3,(H,21,22,23). The first-order valence-electron chi connectivity index (χ1n) is 8.57. The van der Waals surface area contributed by atoms with Gasteiger partial charge in [0.2, 0.25) is 0 Å². The van der Waals surface area contributed by atoms with E-state index in [-0.39, 0.29) is 5.75 Å². The third-order valence-electron chi connectivity index (χ3n) is 4.42. The zero-order valence-electron chi connectivity index (χ0n) is 14.9. The molecule has 0 saturated heterocycles. The fourth-order valence-corrected chi connectivity index (χ4v) is 3.17. The average molecular weight is 362 g/mol. The van der Waals surface area contributed by atoms with E-state index in [0.717, 1.165) is 16.3 Å². The Morgan fingerprint density at radius 3 is 2.93 bits per heavy atom. The lowest BCUT2D eigenvalue weighted by Gasteiger charge is -2.10. The summed E-state index contributed by atoms with van der Waals surface area (Å²) in [5.41, 5.74) is 2.53. The second-order valence-electron chi connectivity index (χ2n) is 6.13. The van der Waals surface area contributed by atoms with Crippen molar-refractivity contribution in [3.8, 4) is 5.75 Å². The van der Waals surface area contributed by atoms with Crippen LogP contribution >= 0.6 is 0 Å². The van der Waals surface area contributed by atoms with Crippen LogP contribution in [0.25, 0.3) is 16.3 Å². The van der Waals surface area contributed by atoms with E-state index in [1.54, 1.807) is 23.7 Å². The zero-order valence-corrected chi connectivity index (χ0v) is 14.9. The lowest BCUT2D eigenvalue weighted by atomic mass is 10.1. The van der Waals surface area contributed by atoms with E-state index in [4.69, 9.17) is 4.74 Å². The molecule has 2 aromatic carbocycles. The molecule has 0 saturated carbocycles. The molecule has 0 radical (unpaired) electrons. The van der Waals surface area contributed by atoms with Gasteiger partial charge in [0.05, 0.1) is 12.2 Å². The van der Waals surface area contributed by atoms with Gasteiger partial charge >= 0.3 is 5.97 Å². The molecule has 2 aromatic heterocycles. The highest BCUT2D eigenvalue weighted by Crippen LogP contribution is 2.32. The third kappa shape index (κ3) is 2.93. The SMILES string of the molecule is CCOC(=O)c1cn2ncnc(Nc3cc(O)c4ccccc4c3)c2c1C. The summed E-state index contributed by atoms with van der Waals surface area (Å²) in [6, 6.07) is 11.2. The van der Waals surface area contributed by atoms with Gasteiger partial charge in [-0.3, -0.25) is 0 Å². The van der Waals surface area contributed by atoms with E-state index in [2.05, 4.69) is 15.4 Å². The van der Waals surface area contributed by atoms with Crippen molar-refractivity contribution < 1.29 is 14.6 Å². The Kier molecular flexibility index (Phi) is 4.12. The summed E-state index contributed by atoms with van der Waals surface area (Å²) in [4.78, 5) is 16.5. The summed E-state index contributed by atoms with van der Waals surface area (Å²) in [7, 11) is 0. The van der Waals surface area contributed by atoms with Crippen molar-refractivity contribution in [2.45, 2.75) is 13.8 Å². The number of aromatic hydroxyl groups is 1. The first kappa shape index (κ1) is 16.8. The van der Waals surface area contributed by atoms with Gasteiger partial charge in [0.1, 0.15) is 17.6 Å². The number of rotatable bonds is 4. The maximum Gasteiger partial charge on any atom is 0.340 e. The van der Waals surface area contributed by atoms with Gasteiger partial charge in [0.15, 0.2) is 5.82 Å². The van der Waals surface area contributed by atoms with Gasteiger partial charge in [-0.15, -0.1) is 0 Å². The Hall–Kier alpha value is -3.61. The highest BCUT2D eigenvalue weighted by molar-refractivity contribution is 5.96. The van der Waals surface area contributed by atoms with Crippen LogP contribution in [-0.2, 0) is 4.74 Å². The Bertz CT molecular complexity index is 1170. The summed E-state index contributed by atoms with van der Waals surface area (Å²) in [6.07, 6.45) is 3.04. The number of nitrogens with zero attached hydrogens (tertiary/aromatic N) is 3. The van der Waals surface area contributed by atoms with E-state index in [1.165, 1.54) is 6.33 Å². The maximum atomic E-state index is 12.2. The van der Waals surface area contributed by atoms with Crippen molar-refractivity contribution in [3.05, 3.63) is 60.0 Å². The normalized spacial score (nSPS) is 11.0. The van der Waals surface area contributed by atoms with Gasteiger partial charge in [-0.25, -0.2) is 14.3 Å². The molecular weight excluding hydrogens is 344 g/mol. The van der Waals surface area contributed by atoms with Crippen molar-refractivity contribution in [1.82, 2.24) is 14.6 Å². The molecular formula is C20H18N4O3. The quantitative estimate of drug-likeness (QED) is 0.537. The Labute approximate surface area is 155 Å². The molecule has 0 spiro atoms. The molecule has 0 aliphatic heterocycles. The molecule has 4 rings (SSSR count). The smallest absolute Gasteiger partial charge is 0.340 e. The van der Waals surface area contributed by atoms with Gasteiger partial charge in [-0.1, -0.05) is 24.3 Å². The van der Waals surface area contributed by atoms with Gasteiger partial charge < -0.3 is 15.2 Å². The number of nitrogens with one attached hydrogen (secondary N) is 1. The van der Waals surface area contributed by atoms with Crippen molar-refractivity contribution >= 4 is 33.8 Å². The molecule has 0 amide bonds. The minimum absolute atomic E-state index is 0.181. The molecule has 0 aliphatic rings. The number of anilines is 2. The fraction of sp³-hybridized carbons (Fsp3) is 0.150. The monoisotopic (exact) mass is 362 g/mol. The van der Waals surface area contributed by atoms with Crippen molar-refractivity contribution in [3.63, 3.8) is 0 Å². The van der Waals surface area contributed by atoms with Crippen LogP contribution in [0, 0.1) is 6.92 Å². The number of esters is 1.